The van der Waals surface area contributed by atoms with Crippen LogP contribution >= 0.6 is 0 Å². The molecule has 3 fully saturated rings. The SMILES string of the molecule is O=C1CCC(N2C(=O)c3ccc(CN4CCC5(CCNC5)CC4)cc3C2=O)C(=O)N1. The first-order valence-electron chi connectivity index (χ1n) is 10.7. The van der Waals surface area contributed by atoms with Gasteiger partial charge in [-0.25, -0.2) is 0 Å². The molecule has 4 heterocycles. The van der Waals surface area contributed by atoms with Gasteiger partial charge in [-0.1, -0.05) is 6.07 Å². The molecule has 158 valence electrons. The van der Waals surface area contributed by atoms with Crippen molar-refractivity contribution in [2.45, 2.75) is 44.7 Å². The van der Waals surface area contributed by atoms with Crippen molar-refractivity contribution in [1.29, 1.82) is 0 Å². The lowest BCUT2D eigenvalue weighted by atomic mass is 9.78. The molecular weight excluding hydrogens is 384 g/mol. The second kappa shape index (κ2) is 7.28. The van der Waals surface area contributed by atoms with Gasteiger partial charge in [0.1, 0.15) is 6.04 Å². The van der Waals surface area contributed by atoms with Crippen LogP contribution in [0.2, 0.25) is 0 Å². The third-order valence-electron chi connectivity index (χ3n) is 7.16. The Morgan fingerprint density at radius 3 is 2.47 bits per heavy atom. The number of imide groups is 2. The molecule has 1 unspecified atom stereocenters. The lowest BCUT2D eigenvalue weighted by Gasteiger charge is -2.39. The van der Waals surface area contributed by atoms with Crippen LogP contribution in [0, 0.1) is 5.41 Å². The van der Waals surface area contributed by atoms with E-state index in [1.165, 1.54) is 19.3 Å². The fraction of sp³-hybridized carbons (Fsp3) is 0.545. The van der Waals surface area contributed by atoms with Crippen LogP contribution in [-0.2, 0) is 16.1 Å². The molecule has 1 atom stereocenters. The highest BCUT2D eigenvalue weighted by Crippen LogP contribution is 2.37. The molecule has 0 radical (unpaired) electrons. The third kappa shape index (κ3) is 3.24. The normalized spacial score (nSPS) is 26.4. The Morgan fingerprint density at radius 1 is 1.00 bits per heavy atom. The standard InChI is InChI=1S/C22H26N4O4/c27-18-4-3-17(19(28)24-18)26-20(29)15-2-1-14(11-16(15)21(26)30)12-25-9-6-22(7-10-25)5-8-23-13-22/h1-2,11,17,23H,3-10,12-13H2,(H,24,27,28). The highest BCUT2D eigenvalue weighted by Gasteiger charge is 2.44. The van der Waals surface area contributed by atoms with Crippen LogP contribution in [0.4, 0.5) is 0 Å². The van der Waals surface area contributed by atoms with E-state index in [-0.39, 0.29) is 18.7 Å². The van der Waals surface area contributed by atoms with E-state index in [2.05, 4.69) is 15.5 Å². The van der Waals surface area contributed by atoms with E-state index >= 15 is 0 Å². The van der Waals surface area contributed by atoms with Crippen molar-refractivity contribution < 1.29 is 19.2 Å². The molecule has 8 heteroatoms. The molecule has 3 saturated heterocycles. The van der Waals surface area contributed by atoms with Crippen molar-refractivity contribution >= 4 is 23.6 Å². The molecule has 0 bridgehead atoms. The predicted octanol–water partition coefficient (Wildman–Crippen LogP) is 0.663. The lowest BCUT2D eigenvalue weighted by Crippen LogP contribution is -2.54. The quantitative estimate of drug-likeness (QED) is 0.711. The van der Waals surface area contributed by atoms with Gasteiger partial charge in [-0.15, -0.1) is 0 Å². The van der Waals surface area contributed by atoms with Crippen LogP contribution in [0.15, 0.2) is 18.2 Å². The highest BCUT2D eigenvalue weighted by molar-refractivity contribution is 6.23. The molecule has 0 aliphatic carbocycles. The van der Waals surface area contributed by atoms with Crippen LogP contribution in [0.1, 0.15) is 58.4 Å². The van der Waals surface area contributed by atoms with E-state index in [4.69, 9.17) is 0 Å². The average Bonchev–Trinajstić information content (AvgIpc) is 3.28. The van der Waals surface area contributed by atoms with Gasteiger partial charge >= 0.3 is 0 Å². The number of likely N-dealkylation sites (tertiary alicyclic amines) is 1. The van der Waals surface area contributed by atoms with E-state index in [1.54, 1.807) is 12.1 Å². The first-order valence-corrected chi connectivity index (χ1v) is 10.7. The Labute approximate surface area is 175 Å². The number of nitrogens with zero attached hydrogens (tertiary/aromatic N) is 2. The first kappa shape index (κ1) is 19.4. The zero-order chi connectivity index (χ0) is 20.9. The number of fused-ring (bicyclic) bond motifs is 1. The van der Waals surface area contributed by atoms with Crippen LogP contribution < -0.4 is 10.6 Å². The van der Waals surface area contributed by atoms with E-state index in [9.17, 15) is 19.2 Å². The number of nitrogens with one attached hydrogen (secondary N) is 2. The number of hydrogen-bond donors (Lipinski definition) is 2. The summed E-state index contributed by atoms with van der Waals surface area (Å²) in [5.74, 6) is -1.85. The maximum absolute atomic E-state index is 13.0. The Balaban J connectivity index is 1.29. The maximum atomic E-state index is 13.0. The fourth-order valence-electron chi connectivity index (χ4n) is 5.28. The van der Waals surface area contributed by atoms with Gasteiger partial charge in [-0.2, -0.15) is 0 Å². The molecule has 1 spiro atoms. The molecule has 2 N–H and O–H groups in total. The maximum Gasteiger partial charge on any atom is 0.262 e. The van der Waals surface area contributed by atoms with Gasteiger partial charge in [-0.05, 0) is 68.4 Å². The summed E-state index contributed by atoms with van der Waals surface area (Å²) >= 11 is 0. The summed E-state index contributed by atoms with van der Waals surface area (Å²) in [5, 5.41) is 5.71. The van der Waals surface area contributed by atoms with Gasteiger partial charge < -0.3 is 5.32 Å². The number of piperidine rings is 2. The summed E-state index contributed by atoms with van der Waals surface area (Å²) in [6.45, 7) is 5.05. The minimum Gasteiger partial charge on any atom is -0.316 e. The predicted molar refractivity (Wildman–Crippen MR) is 108 cm³/mol. The summed E-state index contributed by atoms with van der Waals surface area (Å²) in [6, 6.07) is 4.47. The van der Waals surface area contributed by atoms with E-state index < -0.39 is 23.8 Å². The molecular formula is C22H26N4O4. The van der Waals surface area contributed by atoms with Crippen LogP contribution in [0.25, 0.3) is 0 Å². The first-order chi connectivity index (χ1) is 14.5. The second-order valence-corrected chi connectivity index (χ2v) is 9.03. The Morgan fingerprint density at radius 2 is 1.77 bits per heavy atom. The molecule has 0 saturated carbocycles. The molecule has 5 rings (SSSR count). The van der Waals surface area contributed by atoms with Gasteiger partial charge in [0, 0.05) is 19.5 Å². The largest absolute Gasteiger partial charge is 0.316 e. The van der Waals surface area contributed by atoms with Gasteiger partial charge in [0.05, 0.1) is 11.1 Å². The molecule has 4 aliphatic heterocycles. The summed E-state index contributed by atoms with van der Waals surface area (Å²) in [7, 11) is 0. The number of hydrogen-bond acceptors (Lipinski definition) is 6. The van der Waals surface area contributed by atoms with Crippen LogP contribution in [0.3, 0.4) is 0 Å². The van der Waals surface area contributed by atoms with Crippen molar-refractivity contribution in [2.24, 2.45) is 5.41 Å². The Kier molecular flexibility index (Phi) is 4.71. The molecule has 4 amide bonds. The molecule has 1 aromatic carbocycles. The fourth-order valence-corrected chi connectivity index (χ4v) is 5.28. The summed E-state index contributed by atoms with van der Waals surface area (Å²) in [4.78, 5) is 52.8. The summed E-state index contributed by atoms with van der Waals surface area (Å²) in [5.41, 5.74) is 2.15. The third-order valence-corrected chi connectivity index (χ3v) is 7.16. The number of benzene rings is 1. The van der Waals surface area contributed by atoms with E-state index in [0.29, 0.717) is 16.5 Å². The van der Waals surface area contributed by atoms with Crippen molar-refractivity contribution in [1.82, 2.24) is 20.4 Å². The number of carbonyl (C=O) groups excluding carboxylic acids is 4. The second-order valence-electron chi connectivity index (χ2n) is 9.03. The van der Waals surface area contributed by atoms with E-state index in [0.717, 1.165) is 43.2 Å². The van der Waals surface area contributed by atoms with E-state index in [1.807, 2.05) is 6.07 Å². The minimum atomic E-state index is -0.920. The highest BCUT2D eigenvalue weighted by atomic mass is 16.2. The van der Waals surface area contributed by atoms with Crippen molar-refractivity contribution in [2.75, 3.05) is 26.2 Å². The monoisotopic (exact) mass is 410 g/mol. The molecule has 30 heavy (non-hydrogen) atoms. The van der Waals surface area contributed by atoms with Gasteiger partial charge in [0.25, 0.3) is 11.8 Å². The van der Waals surface area contributed by atoms with Crippen LogP contribution in [-0.4, -0.2) is 65.6 Å². The van der Waals surface area contributed by atoms with Gasteiger partial charge in [-0.3, -0.25) is 34.3 Å². The number of rotatable bonds is 3. The zero-order valence-electron chi connectivity index (χ0n) is 16.9. The number of carbonyl (C=O) groups is 4. The zero-order valence-corrected chi connectivity index (χ0v) is 16.9. The van der Waals surface area contributed by atoms with Crippen molar-refractivity contribution in [3.8, 4) is 0 Å². The smallest absolute Gasteiger partial charge is 0.262 e. The molecule has 8 nitrogen and oxygen atoms in total. The Bertz CT molecular complexity index is 927. The van der Waals surface area contributed by atoms with Crippen molar-refractivity contribution in [3.63, 3.8) is 0 Å². The Hall–Kier alpha value is -2.58. The lowest BCUT2D eigenvalue weighted by molar-refractivity contribution is -0.136. The number of amides is 4. The summed E-state index contributed by atoms with van der Waals surface area (Å²) in [6.07, 6.45) is 3.93. The van der Waals surface area contributed by atoms with Crippen LogP contribution in [0.5, 0.6) is 0 Å². The summed E-state index contributed by atoms with van der Waals surface area (Å²) < 4.78 is 0. The van der Waals surface area contributed by atoms with Crippen molar-refractivity contribution in [3.05, 3.63) is 34.9 Å². The topological polar surface area (TPSA) is 98.8 Å². The average molecular weight is 410 g/mol. The minimum absolute atomic E-state index is 0.126. The van der Waals surface area contributed by atoms with Gasteiger partial charge in [0.15, 0.2) is 0 Å². The molecule has 0 aromatic heterocycles. The van der Waals surface area contributed by atoms with Gasteiger partial charge in [0.2, 0.25) is 11.8 Å². The molecule has 4 aliphatic rings. The molecule has 1 aromatic rings.